The molecule has 1 aliphatic heterocycles. The summed E-state index contributed by atoms with van der Waals surface area (Å²) in [6.07, 6.45) is 7.16. The summed E-state index contributed by atoms with van der Waals surface area (Å²) in [7, 11) is 5.33. The minimum atomic E-state index is 0.0435. The molecule has 0 bridgehead atoms. The Morgan fingerprint density at radius 3 is 2.46 bits per heavy atom. The number of likely N-dealkylation sites (tertiary alicyclic amines) is 1. The molecule has 1 N–H and O–H groups in total. The summed E-state index contributed by atoms with van der Waals surface area (Å²) in [5.74, 6) is 0.957. The van der Waals surface area contributed by atoms with Crippen molar-refractivity contribution in [2.75, 3.05) is 47.4 Å². The molecule has 1 aliphatic carbocycles. The molecule has 1 amide bonds. The molecule has 1 heterocycles. The van der Waals surface area contributed by atoms with E-state index < -0.39 is 0 Å². The van der Waals surface area contributed by atoms with Crippen molar-refractivity contribution >= 4 is 11.9 Å². The van der Waals surface area contributed by atoms with E-state index in [1.54, 1.807) is 26.1 Å². The second kappa shape index (κ2) is 8.70. The van der Waals surface area contributed by atoms with E-state index in [0.717, 1.165) is 38.5 Å². The van der Waals surface area contributed by atoms with Gasteiger partial charge in [-0.05, 0) is 31.1 Å². The monoisotopic (exact) mass is 338 g/mol. The average Bonchev–Trinajstić information content (AvgIpc) is 3.05. The highest BCUT2D eigenvalue weighted by atomic mass is 16.5. The molecular formula is C18H34N4O2. The fourth-order valence-electron chi connectivity index (χ4n) is 3.52. The van der Waals surface area contributed by atoms with Gasteiger partial charge in [0.05, 0.1) is 6.61 Å². The van der Waals surface area contributed by atoms with E-state index in [1.165, 1.54) is 25.7 Å². The van der Waals surface area contributed by atoms with Gasteiger partial charge in [-0.3, -0.25) is 4.79 Å². The molecule has 0 aromatic rings. The first-order chi connectivity index (χ1) is 11.4. The molecule has 6 heteroatoms. The predicted molar refractivity (Wildman–Crippen MR) is 97.2 cm³/mol. The van der Waals surface area contributed by atoms with Crippen molar-refractivity contribution < 1.29 is 9.53 Å². The lowest BCUT2D eigenvalue weighted by atomic mass is 9.81. The fraction of sp³-hybridized carbons (Fsp3) is 0.889. The third-order valence-corrected chi connectivity index (χ3v) is 5.31. The predicted octanol–water partition coefficient (Wildman–Crippen LogP) is 1.71. The zero-order valence-corrected chi connectivity index (χ0v) is 15.8. The topological polar surface area (TPSA) is 57.2 Å². The average molecular weight is 338 g/mol. The molecule has 1 saturated carbocycles. The summed E-state index contributed by atoms with van der Waals surface area (Å²) in [5, 5.41) is 3.61. The van der Waals surface area contributed by atoms with Crippen molar-refractivity contribution in [1.29, 1.82) is 0 Å². The van der Waals surface area contributed by atoms with E-state index >= 15 is 0 Å². The number of hydrogen-bond acceptors (Lipinski definition) is 3. The van der Waals surface area contributed by atoms with Gasteiger partial charge in [-0.25, -0.2) is 4.99 Å². The zero-order chi connectivity index (χ0) is 17.6. The van der Waals surface area contributed by atoms with Crippen molar-refractivity contribution in [3.05, 3.63) is 0 Å². The highest BCUT2D eigenvalue weighted by Gasteiger charge is 2.32. The molecule has 6 nitrogen and oxygen atoms in total. The van der Waals surface area contributed by atoms with E-state index in [9.17, 15) is 4.79 Å². The number of methoxy groups -OCH3 is 1. The first-order valence-electron chi connectivity index (χ1n) is 9.18. The van der Waals surface area contributed by atoms with Crippen LogP contribution in [0.1, 0.15) is 45.4 Å². The van der Waals surface area contributed by atoms with Crippen LogP contribution in [0.25, 0.3) is 0 Å². The first-order valence-corrected chi connectivity index (χ1v) is 9.18. The van der Waals surface area contributed by atoms with Crippen LogP contribution in [-0.2, 0) is 9.53 Å². The minimum absolute atomic E-state index is 0.0435. The lowest BCUT2D eigenvalue weighted by molar-refractivity contribution is -0.127. The summed E-state index contributed by atoms with van der Waals surface area (Å²) in [5.41, 5.74) is 0.253. The number of hydrogen-bond donors (Lipinski definition) is 1. The van der Waals surface area contributed by atoms with E-state index in [-0.39, 0.29) is 17.9 Å². The standard InChI is InChI=1S/C18H34N4O2/c1-18(14-24-4)9-11-22(12-10-18)17(19-13-16(23)21(2)3)20-15-7-5-6-8-15/h15H,5-14H2,1-4H3,(H,19,20). The Labute approximate surface area is 146 Å². The van der Waals surface area contributed by atoms with E-state index in [2.05, 4.69) is 22.1 Å². The number of amides is 1. The Hall–Kier alpha value is -1.30. The van der Waals surface area contributed by atoms with Gasteiger partial charge < -0.3 is 19.9 Å². The molecule has 0 aromatic heterocycles. The summed E-state index contributed by atoms with van der Waals surface area (Å²) in [6.45, 7) is 5.25. The van der Waals surface area contributed by atoms with Crippen LogP contribution in [0.3, 0.4) is 0 Å². The van der Waals surface area contributed by atoms with Crippen molar-refractivity contribution in [3.63, 3.8) is 0 Å². The normalized spacial score (nSPS) is 21.8. The molecule has 0 unspecified atom stereocenters. The van der Waals surface area contributed by atoms with Crippen LogP contribution in [0.15, 0.2) is 4.99 Å². The van der Waals surface area contributed by atoms with Crippen LogP contribution in [0.4, 0.5) is 0 Å². The Kier molecular flexibility index (Phi) is 6.90. The van der Waals surface area contributed by atoms with Gasteiger partial charge >= 0.3 is 0 Å². The van der Waals surface area contributed by atoms with Crippen molar-refractivity contribution in [3.8, 4) is 0 Å². The quantitative estimate of drug-likeness (QED) is 0.612. The number of aliphatic imine (C=N–C) groups is 1. The zero-order valence-electron chi connectivity index (χ0n) is 15.8. The maximum Gasteiger partial charge on any atom is 0.243 e. The molecule has 2 rings (SSSR count). The largest absolute Gasteiger partial charge is 0.384 e. The summed E-state index contributed by atoms with van der Waals surface area (Å²) in [4.78, 5) is 20.5. The van der Waals surface area contributed by atoms with Gasteiger partial charge in [-0.2, -0.15) is 0 Å². The fourth-order valence-corrected chi connectivity index (χ4v) is 3.52. The maximum atomic E-state index is 11.9. The number of carbonyl (C=O) groups excluding carboxylic acids is 1. The maximum absolute atomic E-state index is 11.9. The molecule has 2 fully saturated rings. The number of carbonyl (C=O) groups is 1. The second-order valence-corrected chi connectivity index (χ2v) is 7.78. The third kappa shape index (κ3) is 5.36. The summed E-state index contributed by atoms with van der Waals surface area (Å²) >= 11 is 0. The number of nitrogens with zero attached hydrogens (tertiary/aromatic N) is 3. The second-order valence-electron chi connectivity index (χ2n) is 7.78. The lowest BCUT2D eigenvalue weighted by Gasteiger charge is -2.40. The molecule has 0 atom stereocenters. The Morgan fingerprint density at radius 1 is 1.29 bits per heavy atom. The van der Waals surface area contributed by atoms with Crippen LogP contribution >= 0.6 is 0 Å². The molecule has 2 aliphatic rings. The number of piperidine rings is 1. The minimum Gasteiger partial charge on any atom is -0.384 e. The van der Waals surface area contributed by atoms with Gasteiger partial charge in [0.25, 0.3) is 0 Å². The smallest absolute Gasteiger partial charge is 0.243 e. The van der Waals surface area contributed by atoms with Crippen molar-refractivity contribution in [1.82, 2.24) is 15.1 Å². The molecule has 1 saturated heterocycles. The van der Waals surface area contributed by atoms with E-state index in [1.807, 2.05) is 0 Å². The van der Waals surface area contributed by atoms with Gasteiger partial charge in [-0.15, -0.1) is 0 Å². The number of ether oxygens (including phenoxy) is 1. The van der Waals surface area contributed by atoms with Crippen LogP contribution in [0.2, 0.25) is 0 Å². The molecular weight excluding hydrogens is 304 g/mol. The molecule has 24 heavy (non-hydrogen) atoms. The van der Waals surface area contributed by atoms with Crippen LogP contribution in [0, 0.1) is 5.41 Å². The third-order valence-electron chi connectivity index (χ3n) is 5.31. The van der Waals surface area contributed by atoms with Gasteiger partial charge in [-0.1, -0.05) is 19.8 Å². The Bertz CT molecular complexity index is 436. The van der Waals surface area contributed by atoms with Gasteiger partial charge in [0.15, 0.2) is 5.96 Å². The molecule has 0 aromatic carbocycles. The van der Waals surface area contributed by atoms with Crippen molar-refractivity contribution in [2.24, 2.45) is 10.4 Å². The number of rotatable bonds is 5. The summed E-state index contributed by atoms with van der Waals surface area (Å²) in [6, 6.07) is 0.505. The molecule has 0 radical (unpaired) electrons. The van der Waals surface area contributed by atoms with E-state index in [4.69, 9.17) is 4.74 Å². The number of nitrogens with one attached hydrogen (secondary N) is 1. The Morgan fingerprint density at radius 2 is 1.92 bits per heavy atom. The van der Waals surface area contributed by atoms with Crippen LogP contribution in [0.5, 0.6) is 0 Å². The number of likely N-dealkylation sites (N-methyl/N-ethyl adjacent to an activating group) is 1. The Balaban J connectivity index is 1.99. The van der Waals surface area contributed by atoms with Crippen molar-refractivity contribution in [2.45, 2.75) is 51.5 Å². The van der Waals surface area contributed by atoms with Gasteiger partial charge in [0.2, 0.25) is 5.91 Å². The van der Waals surface area contributed by atoms with Crippen LogP contribution in [-0.4, -0.2) is 75.2 Å². The first kappa shape index (κ1) is 19.0. The lowest BCUT2D eigenvalue weighted by Crippen LogP contribution is -2.51. The highest BCUT2D eigenvalue weighted by molar-refractivity contribution is 5.85. The van der Waals surface area contributed by atoms with Gasteiger partial charge in [0, 0.05) is 40.3 Å². The van der Waals surface area contributed by atoms with Gasteiger partial charge in [0.1, 0.15) is 6.54 Å². The van der Waals surface area contributed by atoms with Crippen LogP contribution < -0.4 is 5.32 Å². The SMILES string of the molecule is COCC1(C)CCN(C(=NCC(=O)N(C)C)NC2CCCC2)CC1. The van der Waals surface area contributed by atoms with E-state index in [0.29, 0.717) is 6.04 Å². The molecule has 0 spiro atoms. The summed E-state index contributed by atoms with van der Waals surface area (Å²) < 4.78 is 5.38. The molecule has 138 valence electrons. The number of guanidine groups is 1. The highest BCUT2D eigenvalue weighted by Crippen LogP contribution is 2.31.